The van der Waals surface area contributed by atoms with Crippen LogP contribution in [-0.4, -0.2) is 10.5 Å². The maximum atomic E-state index is 12.7. The van der Waals surface area contributed by atoms with Crippen LogP contribution in [0.25, 0.3) is 10.9 Å². The van der Waals surface area contributed by atoms with E-state index in [1.54, 1.807) is 0 Å². The fourth-order valence-corrected chi connectivity index (χ4v) is 3.10. The van der Waals surface area contributed by atoms with Crippen LogP contribution in [0.5, 0.6) is 0 Å². The average molecular weight is 388 g/mol. The molecule has 1 N–H and O–H groups in total. The highest BCUT2D eigenvalue weighted by Crippen LogP contribution is 2.29. The van der Waals surface area contributed by atoms with Gasteiger partial charge >= 0.3 is 6.18 Å². The van der Waals surface area contributed by atoms with Crippen LogP contribution in [0.4, 0.5) is 18.9 Å². The van der Waals surface area contributed by atoms with Crippen molar-refractivity contribution in [2.45, 2.75) is 39.9 Å². The molecule has 1 aromatic heterocycles. The van der Waals surface area contributed by atoms with Gasteiger partial charge in [0.1, 0.15) is 0 Å². The Balaban J connectivity index is 1.75. The van der Waals surface area contributed by atoms with Gasteiger partial charge in [-0.05, 0) is 47.4 Å². The van der Waals surface area contributed by atoms with Gasteiger partial charge in [0.25, 0.3) is 0 Å². The lowest BCUT2D eigenvalue weighted by molar-refractivity contribution is -0.137. The topological polar surface area (TPSA) is 34.0 Å². The maximum Gasteiger partial charge on any atom is 0.416 e. The van der Waals surface area contributed by atoms with Crippen molar-refractivity contribution in [3.05, 3.63) is 65.9 Å². The Hall–Kier alpha value is -2.76. The third-order valence-electron chi connectivity index (χ3n) is 4.38. The van der Waals surface area contributed by atoms with Gasteiger partial charge < -0.3 is 9.88 Å². The second kappa shape index (κ2) is 7.34. The number of hydrogen-bond donors (Lipinski definition) is 1. The van der Waals surface area contributed by atoms with Crippen LogP contribution in [0.2, 0.25) is 0 Å². The molecule has 2 aromatic carbocycles. The van der Waals surface area contributed by atoms with Gasteiger partial charge in [-0.1, -0.05) is 32.9 Å². The Kier molecular flexibility index (Phi) is 5.24. The lowest BCUT2D eigenvalue weighted by Gasteiger charge is -2.17. The Bertz CT molecular complexity index is 980. The normalized spacial score (nSPS) is 12.4. The molecule has 3 nitrogen and oxygen atoms in total. The fraction of sp³-hybridized carbons (Fsp3) is 0.318. The van der Waals surface area contributed by atoms with E-state index >= 15 is 0 Å². The number of benzene rings is 2. The van der Waals surface area contributed by atoms with Crippen LogP contribution in [-0.2, 0) is 17.5 Å². The number of anilines is 1. The molecule has 0 aliphatic rings. The summed E-state index contributed by atoms with van der Waals surface area (Å²) in [6, 6.07) is 12.8. The van der Waals surface area contributed by atoms with Crippen molar-refractivity contribution in [2.24, 2.45) is 5.41 Å². The van der Waals surface area contributed by atoms with Gasteiger partial charge in [-0.3, -0.25) is 4.79 Å². The van der Waals surface area contributed by atoms with E-state index in [0.29, 0.717) is 13.0 Å². The lowest BCUT2D eigenvalue weighted by atomic mass is 9.92. The first-order valence-electron chi connectivity index (χ1n) is 9.06. The molecule has 0 saturated heterocycles. The summed E-state index contributed by atoms with van der Waals surface area (Å²) >= 11 is 0. The van der Waals surface area contributed by atoms with E-state index in [2.05, 4.69) is 5.32 Å². The zero-order chi connectivity index (χ0) is 20.5. The molecule has 0 fully saturated rings. The monoisotopic (exact) mass is 388 g/mol. The van der Waals surface area contributed by atoms with E-state index in [9.17, 15) is 18.0 Å². The predicted molar refractivity (Wildman–Crippen MR) is 105 cm³/mol. The first kappa shape index (κ1) is 20.0. The van der Waals surface area contributed by atoms with Crippen molar-refractivity contribution in [3.63, 3.8) is 0 Å². The highest BCUT2D eigenvalue weighted by atomic mass is 19.4. The van der Waals surface area contributed by atoms with Crippen LogP contribution in [0.1, 0.15) is 38.3 Å². The van der Waals surface area contributed by atoms with Gasteiger partial charge in [0.2, 0.25) is 5.91 Å². The molecular formula is C22H23F3N2O. The molecule has 0 radical (unpaired) electrons. The first-order valence-corrected chi connectivity index (χ1v) is 9.06. The second-order valence-electron chi connectivity index (χ2n) is 8.20. The maximum absolute atomic E-state index is 12.7. The van der Waals surface area contributed by atoms with Gasteiger partial charge in [-0.2, -0.15) is 13.2 Å². The SMILES string of the molecule is CC(C)(C)CC(=O)Nc1ccc2c(ccn2Cc2ccc(C(F)(F)F)cc2)c1. The Morgan fingerprint density at radius 3 is 2.29 bits per heavy atom. The fourth-order valence-electron chi connectivity index (χ4n) is 3.10. The Morgan fingerprint density at radius 1 is 1.00 bits per heavy atom. The largest absolute Gasteiger partial charge is 0.416 e. The van der Waals surface area contributed by atoms with Crippen molar-refractivity contribution in [3.8, 4) is 0 Å². The molecule has 3 rings (SSSR count). The first-order chi connectivity index (χ1) is 13.0. The molecule has 1 amide bonds. The molecule has 3 aromatic rings. The van der Waals surface area contributed by atoms with Crippen molar-refractivity contribution in [2.75, 3.05) is 5.32 Å². The van der Waals surface area contributed by atoms with Crippen molar-refractivity contribution >= 4 is 22.5 Å². The Labute approximate surface area is 162 Å². The minimum absolute atomic E-state index is 0.0314. The molecule has 28 heavy (non-hydrogen) atoms. The number of carbonyl (C=O) groups excluding carboxylic acids is 1. The van der Waals surface area contributed by atoms with Crippen molar-refractivity contribution in [1.29, 1.82) is 0 Å². The zero-order valence-corrected chi connectivity index (χ0v) is 16.1. The minimum atomic E-state index is -4.33. The van der Waals surface area contributed by atoms with Crippen molar-refractivity contribution < 1.29 is 18.0 Å². The third kappa shape index (κ3) is 4.94. The lowest BCUT2D eigenvalue weighted by Crippen LogP contribution is -2.19. The molecule has 0 spiro atoms. The number of halogens is 3. The smallest absolute Gasteiger partial charge is 0.343 e. The number of nitrogens with one attached hydrogen (secondary N) is 1. The van der Waals surface area contributed by atoms with Crippen LogP contribution >= 0.6 is 0 Å². The summed E-state index contributed by atoms with van der Waals surface area (Å²) in [6.07, 6.45) is -2.00. The number of aromatic nitrogens is 1. The second-order valence-corrected chi connectivity index (χ2v) is 8.20. The molecular weight excluding hydrogens is 365 g/mol. The average Bonchev–Trinajstić information content (AvgIpc) is 2.95. The van der Waals surface area contributed by atoms with E-state index < -0.39 is 11.7 Å². The van der Waals surface area contributed by atoms with Gasteiger partial charge in [0, 0.05) is 35.8 Å². The van der Waals surface area contributed by atoms with Crippen molar-refractivity contribution in [1.82, 2.24) is 4.57 Å². The molecule has 0 atom stereocenters. The summed E-state index contributed by atoms with van der Waals surface area (Å²) in [5, 5.41) is 3.87. The third-order valence-corrected chi connectivity index (χ3v) is 4.38. The summed E-state index contributed by atoms with van der Waals surface area (Å²) in [5.74, 6) is -0.0314. The minimum Gasteiger partial charge on any atom is -0.343 e. The summed E-state index contributed by atoms with van der Waals surface area (Å²) in [5.41, 5.74) is 1.74. The van der Waals surface area contributed by atoms with Gasteiger partial charge in [-0.25, -0.2) is 0 Å². The van der Waals surface area contributed by atoms with E-state index in [-0.39, 0.29) is 11.3 Å². The highest BCUT2D eigenvalue weighted by molar-refractivity contribution is 5.94. The Morgan fingerprint density at radius 2 is 1.68 bits per heavy atom. The number of alkyl halides is 3. The number of nitrogens with zero attached hydrogens (tertiary/aromatic N) is 1. The number of rotatable bonds is 4. The molecule has 0 bridgehead atoms. The molecule has 0 unspecified atom stereocenters. The zero-order valence-electron chi connectivity index (χ0n) is 16.1. The summed E-state index contributed by atoms with van der Waals surface area (Å²) < 4.78 is 40.0. The highest BCUT2D eigenvalue weighted by Gasteiger charge is 2.29. The summed E-state index contributed by atoms with van der Waals surface area (Å²) in [6.45, 7) is 6.50. The van der Waals surface area contributed by atoms with Crippen LogP contribution in [0, 0.1) is 5.41 Å². The van der Waals surface area contributed by atoms with Gasteiger partial charge in [-0.15, -0.1) is 0 Å². The molecule has 1 heterocycles. The van der Waals surface area contributed by atoms with Crippen LogP contribution < -0.4 is 5.32 Å². The summed E-state index contributed by atoms with van der Waals surface area (Å²) in [4.78, 5) is 12.1. The molecule has 0 saturated carbocycles. The number of amides is 1. The number of fused-ring (bicyclic) bond motifs is 1. The van der Waals surface area contributed by atoms with Crippen LogP contribution in [0.3, 0.4) is 0 Å². The van der Waals surface area contributed by atoms with E-state index in [0.717, 1.165) is 34.3 Å². The van der Waals surface area contributed by atoms with Crippen LogP contribution in [0.15, 0.2) is 54.7 Å². The molecule has 0 aliphatic carbocycles. The van der Waals surface area contributed by atoms with Gasteiger partial charge in [0.15, 0.2) is 0 Å². The predicted octanol–water partition coefficient (Wildman–Crippen LogP) is 6.08. The summed E-state index contributed by atoms with van der Waals surface area (Å²) in [7, 11) is 0. The van der Waals surface area contributed by atoms with E-state index in [1.165, 1.54) is 12.1 Å². The van der Waals surface area contributed by atoms with Gasteiger partial charge in [0.05, 0.1) is 5.56 Å². The number of carbonyl (C=O) groups is 1. The quantitative estimate of drug-likeness (QED) is 0.577. The van der Waals surface area contributed by atoms with E-state index in [4.69, 9.17) is 0 Å². The molecule has 0 aliphatic heterocycles. The number of hydrogen-bond acceptors (Lipinski definition) is 1. The molecule has 6 heteroatoms. The molecule has 148 valence electrons. The van der Waals surface area contributed by atoms with E-state index in [1.807, 2.05) is 55.8 Å². The standard InChI is InChI=1S/C22H23F3N2O/c1-21(2,3)13-20(28)26-18-8-9-19-16(12-18)10-11-27(19)14-15-4-6-17(7-5-15)22(23,24)25/h4-12H,13-14H2,1-3H3,(H,26,28).